The van der Waals surface area contributed by atoms with Crippen molar-refractivity contribution in [3.8, 4) is 6.07 Å². The van der Waals surface area contributed by atoms with Gasteiger partial charge in [0.1, 0.15) is 12.1 Å². The van der Waals surface area contributed by atoms with Crippen LogP contribution in [-0.2, 0) is 4.79 Å². The molecule has 5 heteroatoms. The fraction of sp³-hybridized carbons (Fsp3) is 0.273. The van der Waals surface area contributed by atoms with Crippen LogP contribution in [-0.4, -0.2) is 19.0 Å². The van der Waals surface area contributed by atoms with Crippen molar-refractivity contribution in [3.05, 3.63) is 28.2 Å². The van der Waals surface area contributed by atoms with Gasteiger partial charge in [-0.25, -0.2) is 0 Å². The maximum atomic E-state index is 11.3. The molecule has 0 radical (unpaired) electrons. The summed E-state index contributed by atoms with van der Waals surface area (Å²) >= 11 is 3.29. The lowest BCUT2D eigenvalue weighted by Crippen LogP contribution is -2.35. The van der Waals surface area contributed by atoms with E-state index < -0.39 is 0 Å². The summed E-state index contributed by atoms with van der Waals surface area (Å²) in [6, 6.07) is 6.98. The summed E-state index contributed by atoms with van der Waals surface area (Å²) in [6.07, 6.45) is 0. The van der Waals surface area contributed by atoms with Gasteiger partial charge in [-0.15, -0.1) is 0 Å². The van der Waals surface area contributed by atoms with Gasteiger partial charge >= 0.3 is 0 Å². The van der Waals surface area contributed by atoms with Gasteiger partial charge in [0.15, 0.2) is 0 Å². The number of nitriles is 1. The number of hydrogen-bond donors (Lipinski definition) is 2. The van der Waals surface area contributed by atoms with Gasteiger partial charge in [0, 0.05) is 17.2 Å². The number of carbonyl (C=O) groups excluding carboxylic acids is 1. The van der Waals surface area contributed by atoms with Crippen LogP contribution in [0.25, 0.3) is 0 Å². The van der Waals surface area contributed by atoms with Gasteiger partial charge < -0.3 is 10.6 Å². The zero-order chi connectivity index (χ0) is 12.1. The van der Waals surface area contributed by atoms with Crippen LogP contribution in [0.2, 0.25) is 0 Å². The molecule has 16 heavy (non-hydrogen) atoms. The van der Waals surface area contributed by atoms with Crippen molar-refractivity contribution in [1.82, 2.24) is 5.32 Å². The zero-order valence-electron chi connectivity index (χ0n) is 9.04. The second kappa shape index (κ2) is 5.52. The van der Waals surface area contributed by atoms with E-state index in [9.17, 15) is 4.79 Å². The SMILES string of the molecule is CNC(=O)C(C)Nc1ccc(C#N)c(Br)c1. The molecule has 84 valence electrons. The molecule has 1 unspecified atom stereocenters. The molecule has 1 amide bonds. The minimum absolute atomic E-state index is 0.0829. The average molecular weight is 282 g/mol. The highest BCUT2D eigenvalue weighted by Gasteiger charge is 2.10. The third-order valence-corrected chi connectivity index (χ3v) is 2.77. The van der Waals surface area contributed by atoms with Crippen LogP contribution in [0.1, 0.15) is 12.5 Å². The molecule has 1 aromatic carbocycles. The molecule has 0 bridgehead atoms. The standard InChI is InChI=1S/C11H12BrN3O/c1-7(11(16)14-2)15-9-4-3-8(6-13)10(12)5-9/h3-5,7,15H,1-2H3,(H,14,16). The smallest absolute Gasteiger partial charge is 0.241 e. The van der Waals surface area contributed by atoms with Crippen molar-refractivity contribution in [1.29, 1.82) is 5.26 Å². The number of likely N-dealkylation sites (N-methyl/N-ethyl adjacent to an activating group) is 1. The number of rotatable bonds is 3. The van der Waals surface area contributed by atoms with Crippen LogP contribution < -0.4 is 10.6 Å². The van der Waals surface area contributed by atoms with Crippen molar-refractivity contribution in [2.24, 2.45) is 0 Å². The molecule has 0 aliphatic heterocycles. The Hall–Kier alpha value is -1.54. The lowest BCUT2D eigenvalue weighted by molar-refractivity contribution is -0.121. The van der Waals surface area contributed by atoms with Crippen LogP contribution in [0.15, 0.2) is 22.7 Å². The zero-order valence-corrected chi connectivity index (χ0v) is 10.6. The number of nitrogens with one attached hydrogen (secondary N) is 2. The van der Waals surface area contributed by atoms with Crippen LogP contribution >= 0.6 is 15.9 Å². The van der Waals surface area contributed by atoms with Gasteiger partial charge in [-0.2, -0.15) is 5.26 Å². The Bertz CT molecular complexity index is 439. The minimum Gasteiger partial charge on any atom is -0.374 e. The van der Waals surface area contributed by atoms with E-state index in [-0.39, 0.29) is 11.9 Å². The van der Waals surface area contributed by atoms with Gasteiger partial charge in [0.2, 0.25) is 5.91 Å². The first-order valence-corrected chi connectivity index (χ1v) is 5.55. The molecule has 0 saturated carbocycles. The van der Waals surface area contributed by atoms with E-state index in [0.29, 0.717) is 10.0 Å². The van der Waals surface area contributed by atoms with Crippen LogP contribution in [0.4, 0.5) is 5.69 Å². The number of anilines is 1. The maximum absolute atomic E-state index is 11.3. The topological polar surface area (TPSA) is 64.9 Å². The second-order valence-electron chi connectivity index (χ2n) is 3.29. The molecule has 0 spiro atoms. The summed E-state index contributed by atoms with van der Waals surface area (Å²) in [4.78, 5) is 11.3. The number of nitrogens with zero attached hydrogens (tertiary/aromatic N) is 1. The van der Waals surface area contributed by atoms with Crippen molar-refractivity contribution < 1.29 is 4.79 Å². The van der Waals surface area contributed by atoms with E-state index in [4.69, 9.17) is 5.26 Å². The van der Waals surface area contributed by atoms with Crippen LogP contribution in [0, 0.1) is 11.3 Å². The molecule has 0 aliphatic carbocycles. The molecule has 1 atom stereocenters. The van der Waals surface area contributed by atoms with Crippen molar-refractivity contribution >= 4 is 27.5 Å². The maximum Gasteiger partial charge on any atom is 0.241 e. The Morgan fingerprint density at radius 2 is 2.25 bits per heavy atom. The monoisotopic (exact) mass is 281 g/mol. The first-order valence-electron chi connectivity index (χ1n) is 4.76. The predicted molar refractivity (Wildman–Crippen MR) is 66.0 cm³/mol. The fourth-order valence-corrected chi connectivity index (χ4v) is 1.70. The summed E-state index contributed by atoms with van der Waals surface area (Å²) in [7, 11) is 1.59. The van der Waals surface area contributed by atoms with E-state index in [1.807, 2.05) is 0 Å². The van der Waals surface area contributed by atoms with Gasteiger partial charge in [-0.3, -0.25) is 4.79 Å². The van der Waals surface area contributed by atoms with Gasteiger partial charge in [0.25, 0.3) is 0 Å². The molecular weight excluding hydrogens is 270 g/mol. The summed E-state index contributed by atoms with van der Waals surface area (Å²) in [5, 5.41) is 14.3. The van der Waals surface area contributed by atoms with Gasteiger partial charge in [-0.05, 0) is 41.1 Å². The van der Waals surface area contributed by atoms with E-state index in [2.05, 4.69) is 32.6 Å². The number of benzene rings is 1. The van der Waals surface area contributed by atoms with Crippen LogP contribution in [0.5, 0.6) is 0 Å². The Balaban J connectivity index is 2.80. The largest absolute Gasteiger partial charge is 0.374 e. The average Bonchev–Trinajstić information content (AvgIpc) is 2.28. The summed E-state index contributed by atoms with van der Waals surface area (Å²) in [6.45, 7) is 1.77. The second-order valence-corrected chi connectivity index (χ2v) is 4.14. The Morgan fingerprint density at radius 1 is 1.56 bits per heavy atom. The number of halogens is 1. The molecule has 4 nitrogen and oxygen atoms in total. The summed E-state index contributed by atoms with van der Waals surface area (Å²) < 4.78 is 0.712. The minimum atomic E-state index is -0.315. The van der Waals surface area contributed by atoms with Crippen molar-refractivity contribution in [2.45, 2.75) is 13.0 Å². The molecule has 1 rings (SSSR count). The van der Waals surface area contributed by atoms with Crippen LogP contribution in [0.3, 0.4) is 0 Å². The lowest BCUT2D eigenvalue weighted by Gasteiger charge is -2.13. The molecule has 2 N–H and O–H groups in total. The summed E-state index contributed by atoms with van der Waals surface area (Å²) in [5.41, 5.74) is 1.36. The third kappa shape index (κ3) is 2.97. The van der Waals surface area contributed by atoms with Gasteiger partial charge in [-0.1, -0.05) is 0 Å². The molecule has 0 fully saturated rings. The third-order valence-electron chi connectivity index (χ3n) is 2.11. The van der Waals surface area contributed by atoms with E-state index in [1.54, 1.807) is 32.2 Å². The van der Waals surface area contributed by atoms with E-state index in [1.165, 1.54) is 0 Å². The van der Waals surface area contributed by atoms with E-state index in [0.717, 1.165) is 5.69 Å². The van der Waals surface area contributed by atoms with Crippen molar-refractivity contribution in [2.75, 3.05) is 12.4 Å². The molecule has 0 saturated heterocycles. The Kier molecular flexibility index (Phi) is 4.32. The highest BCUT2D eigenvalue weighted by molar-refractivity contribution is 9.10. The predicted octanol–water partition coefficient (Wildman–Crippen LogP) is 1.87. The normalized spacial score (nSPS) is 11.4. The highest BCUT2D eigenvalue weighted by Crippen LogP contribution is 2.21. The Labute approximate surface area is 103 Å². The summed E-state index contributed by atoms with van der Waals surface area (Å²) in [5.74, 6) is -0.0829. The molecule has 0 aliphatic rings. The fourth-order valence-electron chi connectivity index (χ4n) is 1.23. The molecule has 0 aromatic heterocycles. The van der Waals surface area contributed by atoms with E-state index >= 15 is 0 Å². The molecule has 0 heterocycles. The number of amides is 1. The molecule has 1 aromatic rings. The first-order chi connectivity index (χ1) is 7.58. The molecular formula is C11H12BrN3O. The quantitative estimate of drug-likeness (QED) is 0.889. The number of hydrogen-bond acceptors (Lipinski definition) is 3. The number of carbonyl (C=O) groups is 1. The first kappa shape index (κ1) is 12.5. The van der Waals surface area contributed by atoms with Crippen molar-refractivity contribution in [3.63, 3.8) is 0 Å². The van der Waals surface area contributed by atoms with Gasteiger partial charge in [0.05, 0.1) is 5.56 Å². The lowest BCUT2D eigenvalue weighted by atomic mass is 10.2. The Morgan fingerprint density at radius 3 is 2.75 bits per heavy atom. The highest BCUT2D eigenvalue weighted by atomic mass is 79.9.